The number of hydrogen-bond donors (Lipinski definition) is 1. The van der Waals surface area contributed by atoms with Gasteiger partial charge in [-0.1, -0.05) is 6.07 Å². The fourth-order valence-electron chi connectivity index (χ4n) is 3.33. The highest BCUT2D eigenvalue weighted by Crippen LogP contribution is 2.38. The van der Waals surface area contributed by atoms with Gasteiger partial charge in [-0.15, -0.1) is 11.6 Å². The van der Waals surface area contributed by atoms with Gasteiger partial charge in [-0.3, -0.25) is 4.79 Å². The molecule has 0 aromatic heterocycles. The van der Waals surface area contributed by atoms with Crippen LogP contribution in [0.25, 0.3) is 0 Å². The van der Waals surface area contributed by atoms with Crippen molar-refractivity contribution in [2.45, 2.75) is 50.1 Å². The SMILES string of the molecule is Cc1ccc(C(=O)N2C3CCC2CC(Cl)C3)cc1O. The fourth-order valence-corrected chi connectivity index (χ4v) is 3.75. The van der Waals surface area contributed by atoms with E-state index >= 15 is 0 Å². The number of aromatic hydroxyl groups is 1. The molecular weight excluding hydrogens is 262 g/mol. The first-order valence-electron chi connectivity index (χ1n) is 6.82. The number of fused-ring (bicyclic) bond motifs is 2. The van der Waals surface area contributed by atoms with Gasteiger partial charge in [0.15, 0.2) is 0 Å². The standard InChI is InChI=1S/C15H18ClNO2/c1-9-2-3-10(6-14(9)18)15(19)17-12-4-5-13(17)8-11(16)7-12/h2-3,6,11-13,18H,4-5,7-8H2,1H3. The van der Waals surface area contributed by atoms with E-state index in [9.17, 15) is 9.90 Å². The van der Waals surface area contributed by atoms with Crippen molar-refractivity contribution in [3.63, 3.8) is 0 Å². The van der Waals surface area contributed by atoms with Gasteiger partial charge in [0.05, 0.1) is 0 Å². The number of nitrogens with zero attached hydrogens (tertiary/aromatic N) is 1. The Balaban J connectivity index is 1.86. The molecule has 3 rings (SSSR count). The molecule has 0 saturated carbocycles. The zero-order valence-corrected chi connectivity index (χ0v) is 11.7. The summed E-state index contributed by atoms with van der Waals surface area (Å²) in [5, 5.41) is 9.95. The first-order valence-corrected chi connectivity index (χ1v) is 7.26. The molecule has 1 aromatic rings. The summed E-state index contributed by atoms with van der Waals surface area (Å²) < 4.78 is 0. The number of halogens is 1. The van der Waals surface area contributed by atoms with Gasteiger partial charge in [0, 0.05) is 23.0 Å². The van der Waals surface area contributed by atoms with E-state index in [1.807, 2.05) is 11.8 Å². The molecule has 1 amide bonds. The quantitative estimate of drug-likeness (QED) is 0.803. The second-order valence-electron chi connectivity index (χ2n) is 5.67. The summed E-state index contributed by atoms with van der Waals surface area (Å²) in [7, 11) is 0. The molecule has 102 valence electrons. The Morgan fingerprint density at radius 2 is 1.95 bits per heavy atom. The summed E-state index contributed by atoms with van der Waals surface area (Å²) in [6, 6.07) is 5.71. The Morgan fingerprint density at radius 1 is 1.32 bits per heavy atom. The number of alkyl halides is 1. The molecule has 2 fully saturated rings. The molecule has 2 aliphatic heterocycles. The van der Waals surface area contributed by atoms with E-state index in [0.29, 0.717) is 5.56 Å². The number of phenols is 1. The average Bonchev–Trinajstić information content (AvgIpc) is 2.64. The number of carbonyl (C=O) groups excluding carboxylic acids is 1. The lowest BCUT2D eigenvalue weighted by molar-refractivity contribution is 0.0599. The third-order valence-corrected chi connectivity index (χ3v) is 4.72. The molecule has 2 saturated heterocycles. The number of benzene rings is 1. The molecule has 2 unspecified atom stereocenters. The lowest BCUT2D eigenvalue weighted by Gasteiger charge is -2.37. The normalized spacial score (nSPS) is 29.6. The molecule has 2 bridgehead atoms. The number of amides is 1. The highest BCUT2D eigenvalue weighted by Gasteiger charge is 2.42. The Morgan fingerprint density at radius 3 is 2.53 bits per heavy atom. The molecule has 0 spiro atoms. The molecule has 0 radical (unpaired) electrons. The van der Waals surface area contributed by atoms with Crippen LogP contribution >= 0.6 is 11.6 Å². The van der Waals surface area contributed by atoms with Gasteiger partial charge in [0.2, 0.25) is 0 Å². The van der Waals surface area contributed by atoms with Crippen LogP contribution in [-0.4, -0.2) is 33.4 Å². The molecule has 4 heteroatoms. The Kier molecular flexibility index (Phi) is 3.17. The first-order chi connectivity index (χ1) is 9.06. The second kappa shape index (κ2) is 4.71. The lowest BCUT2D eigenvalue weighted by atomic mass is 10.0. The summed E-state index contributed by atoms with van der Waals surface area (Å²) in [6.45, 7) is 1.83. The monoisotopic (exact) mass is 279 g/mol. The largest absolute Gasteiger partial charge is 0.508 e. The minimum Gasteiger partial charge on any atom is -0.508 e. The van der Waals surface area contributed by atoms with Crippen molar-refractivity contribution in [1.82, 2.24) is 4.90 Å². The smallest absolute Gasteiger partial charge is 0.254 e. The molecule has 0 aliphatic carbocycles. The van der Waals surface area contributed by atoms with Gasteiger partial charge in [-0.2, -0.15) is 0 Å². The van der Waals surface area contributed by atoms with Crippen LogP contribution in [0.2, 0.25) is 0 Å². The van der Waals surface area contributed by atoms with Crippen LogP contribution in [0, 0.1) is 6.92 Å². The van der Waals surface area contributed by atoms with Crippen molar-refractivity contribution >= 4 is 17.5 Å². The van der Waals surface area contributed by atoms with E-state index in [1.54, 1.807) is 18.2 Å². The first kappa shape index (κ1) is 12.8. The number of aryl methyl sites for hydroxylation is 1. The van der Waals surface area contributed by atoms with Crippen LogP contribution in [0.1, 0.15) is 41.6 Å². The molecule has 2 heterocycles. The number of phenolic OH excluding ortho intramolecular Hbond substituents is 1. The minimum atomic E-state index is 0.0337. The third-order valence-electron chi connectivity index (χ3n) is 4.37. The number of piperidine rings is 1. The topological polar surface area (TPSA) is 40.5 Å². The zero-order valence-electron chi connectivity index (χ0n) is 11.0. The molecule has 2 atom stereocenters. The molecule has 2 aliphatic rings. The van der Waals surface area contributed by atoms with Gasteiger partial charge < -0.3 is 10.0 Å². The van der Waals surface area contributed by atoms with Gasteiger partial charge >= 0.3 is 0 Å². The maximum Gasteiger partial charge on any atom is 0.254 e. The summed E-state index contributed by atoms with van der Waals surface area (Å²) >= 11 is 6.23. The summed E-state index contributed by atoms with van der Waals surface area (Å²) in [4.78, 5) is 14.6. The maximum atomic E-state index is 12.6. The van der Waals surface area contributed by atoms with Crippen LogP contribution in [0.15, 0.2) is 18.2 Å². The molecular formula is C15H18ClNO2. The molecule has 19 heavy (non-hydrogen) atoms. The van der Waals surface area contributed by atoms with Crippen molar-refractivity contribution in [3.8, 4) is 5.75 Å². The number of rotatable bonds is 1. The van der Waals surface area contributed by atoms with Crippen LogP contribution in [0.4, 0.5) is 0 Å². The van der Waals surface area contributed by atoms with Crippen molar-refractivity contribution < 1.29 is 9.90 Å². The van der Waals surface area contributed by atoms with E-state index in [0.717, 1.165) is 31.2 Å². The van der Waals surface area contributed by atoms with E-state index in [2.05, 4.69) is 0 Å². The van der Waals surface area contributed by atoms with E-state index in [4.69, 9.17) is 11.6 Å². The van der Waals surface area contributed by atoms with Gasteiger partial charge in [0.1, 0.15) is 5.75 Å². The Labute approximate surface area is 118 Å². The van der Waals surface area contributed by atoms with E-state index in [1.165, 1.54) is 0 Å². The summed E-state index contributed by atoms with van der Waals surface area (Å²) in [5.41, 5.74) is 1.37. The highest BCUT2D eigenvalue weighted by atomic mass is 35.5. The Hall–Kier alpha value is -1.22. The van der Waals surface area contributed by atoms with Gasteiger partial charge in [-0.25, -0.2) is 0 Å². The number of carbonyl (C=O) groups is 1. The van der Waals surface area contributed by atoms with Gasteiger partial charge in [0.25, 0.3) is 5.91 Å². The number of hydrogen-bond acceptors (Lipinski definition) is 2. The summed E-state index contributed by atoms with van der Waals surface area (Å²) in [5.74, 6) is 0.219. The second-order valence-corrected chi connectivity index (χ2v) is 6.28. The molecule has 1 aromatic carbocycles. The van der Waals surface area contributed by atoms with E-state index < -0.39 is 0 Å². The van der Waals surface area contributed by atoms with Crippen molar-refractivity contribution in [1.29, 1.82) is 0 Å². The van der Waals surface area contributed by atoms with Crippen molar-refractivity contribution in [3.05, 3.63) is 29.3 Å². The predicted octanol–water partition coefficient (Wildman–Crippen LogP) is 3.08. The maximum absolute atomic E-state index is 12.6. The third kappa shape index (κ3) is 2.20. The molecule has 3 nitrogen and oxygen atoms in total. The zero-order chi connectivity index (χ0) is 13.6. The van der Waals surface area contributed by atoms with Gasteiger partial charge in [-0.05, 0) is 50.3 Å². The van der Waals surface area contributed by atoms with Crippen LogP contribution in [-0.2, 0) is 0 Å². The van der Waals surface area contributed by atoms with Crippen LogP contribution in [0.3, 0.4) is 0 Å². The fraction of sp³-hybridized carbons (Fsp3) is 0.533. The van der Waals surface area contributed by atoms with E-state index in [-0.39, 0.29) is 29.1 Å². The van der Waals surface area contributed by atoms with Crippen LogP contribution < -0.4 is 0 Å². The minimum absolute atomic E-state index is 0.0337. The van der Waals surface area contributed by atoms with Crippen LogP contribution in [0.5, 0.6) is 5.75 Å². The highest BCUT2D eigenvalue weighted by molar-refractivity contribution is 6.20. The van der Waals surface area contributed by atoms with Crippen molar-refractivity contribution in [2.24, 2.45) is 0 Å². The lowest BCUT2D eigenvalue weighted by Crippen LogP contribution is -2.46. The molecule has 1 N–H and O–H groups in total. The van der Waals surface area contributed by atoms with Crippen molar-refractivity contribution in [2.75, 3.05) is 0 Å². The average molecular weight is 280 g/mol. The Bertz CT molecular complexity index is 503. The predicted molar refractivity (Wildman–Crippen MR) is 74.7 cm³/mol. The summed E-state index contributed by atoms with van der Waals surface area (Å²) in [6.07, 6.45) is 3.89.